The van der Waals surface area contributed by atoms with Crippen molar-refractivity contribution >= 4 is 9.52 Å². The Hall–Kier alpha value is 0.137. The summed E-state index contributed by atoms with van der Waals surface area (Å²) in [5, 5.41) is 7.38. The summed E-state index contributed by atoms with van der Waals surface area (Å²) in [6, 6.07) is 1.21. The minimum absolute atomic E-state index is 0.00608. The lowest BCUT2D eigenvalue weighted by Gasteiger charge is -2.26. The Balaban J connectivity index is 2.32. The molecule has 90 valence electrons. The van der Waals surface area contributed by atoms with Crippen LogP contribution in [0.4, 0.5) is 0 Å². The van der Waals surface area contributed by atoms with Crippen molar-refractivity contribution in [1.29, 1.82) is 0 Å². The molecule has 0 spiro atoms. The zero-order valence-corrected chi connectivity index (χ0v) is 12.3. The number of rotatable bonds is 6. The molecule has 0 saturated heterocycles. The molecule has 2 N–H and O–H groups in total. The molecule has 1 aliphatic carbocycles. The highest BCUT2D eigenvalue weighted by Crippen LogP contribution is 2.29. The zero-order valence-electron chi connectivity index (χ0n) is 10.8. The van der Waals surface area contributed by atoms with Gasteiger partial charge in [-0.15, -0.1) is 0 Å². The molecule has 1 rings (SSSR count). The first kappa shape index (κ1) is 13.2. The Morgan fingerprint density at radius 2 is 1.40 bits per heavy atom. The van der Waals surface area contributed by atoms with Gasteiger partial charge in [-0.25, -0.2) is 0 Å². The molecule has 0 radical (unpaired) electrons. The molecule has 1 saturated carbocycles. The molecule has 0 bridgehead atoms. The van der Waals surface area contributed by atoms with Gasteiger partial charge >= 0.3 is 0 Å². The van der Waals surface area contributed by atoms with E-state index >= 15 is 0 Å². The van der Waals surface area contributed by atoms with Gasteiger partial charge in [-0.3, -0.25) is 0 Å². The van der Waals surface area contributed by atoms with Gasteiger partial charge in [-0.2, -0.15) is 0 Å². The summed E-state index contributed by atoms with van der Waals surface area (Å²) in [6.45, 7) is 8.99. The standard InChI is InChI=1S/C12H28N2Si/c1-9(2)13-12(14-10(3)4)15-11-7-5-6-8-11/h9-14H,5-8,15H2,1-4H3. The van der Waals surface area contributed by atoms with Crippen LogP contribution >= 0.6 is 0 Å². The van der Waals surface area contributed by atoms with Crippen LogP contribution in [0.1, 0.15) is 53.4 Å². The van der Waals surface area contributed by atoms with E-state index in [9.17, 15) is 0 Å². The zero-order chi connectivity index (χ0) is 11.3. The highest BCUT2D eigenvalue weighted by atomic mass is 28.2. The first-order chi connectivity index (χ1) is 7.08. The van der Waals surface area contributed by atoms with Crippen LogP contribution in [0.5, 0.6) is 0 Å². The second-order valence-corrected chi connectivity index (χ2v) is 8.02. The van der Waals surface area contributed by atoms with Crippen molar-refractivity contribution in [2.75, 3.05) is 0 Å². The van der Waals surface area contributed by atoms with Gasteiger partial charge in [0.1, 0.15) is 0 Å². The molecule has 1 fully saturated rings. The summed E-state index contributed by atoms with van der Waals surface area (Å²) >= 11 is 0. The van der Waals surface area contributed by atoms with Gasteiger partial charge in [0.25, 0.3) is 0 Å². The first-order valence-electron chi connectivity index (χ1n) is 6.60. The van der Waals surface area contributed by atoms with Crippen molar-refractivity contribution in [3.63, 3.8) is 0 Å². The molecule has 0 aliphatic heterocycles. The van der Waals surface area contributed by atoms with E-state index < -0.39 is 0 Å². The van der Waals surface area contributed by atoms with E-state index in [0.717, 1.165) is 5.54 Å². The first-order valence-corrected chi connectivity index (χ1v) is 8.23. The molecule has 3 heteroatoms. The van der Waals surface area contributed by atoms with Gasteiger partial charge < -0.3 is 10.6 Å². The van der Waals surface area contributed by atoms with E-state index in [1.54, 1.807) is 0 Å². The van der Waals surface area contributed by atoms with Crippen LogP contribution in [0.15, 0.2) is 0 Å². The Bertz CT molecular complexity index is 155. The summed E-state index contributed by atoms with van der Waals surface area (Å²) in [4.78, 5) is 0. The molecule has 0 unspecified atom stereocenters. The largest absolute Gasteiger partial charge is 0.303 e. The summed E-state index contributed by atoms with van der Waals surface area (Å²) in [5.41, 5.74) is 1.09. The van der Waals surface area contributed by atoms with Gasteiger partial charge in [0, 0.05) is 17.9 Å². The molecule has 0 heterocycles. The fourth-order valence-electron chi connectivity index (χ4n) is 2.57. The molecule has 0 aromatic rings. The quantitative estimate of drug-likeness (QED) is 0.535. The van der Waals surface area contributed by atoms with Crippen LogP contribution in [0.3, 0.4) is 0 Å². The second kappa shape index (κ2) is 6.66. The van der Waals surface area contributed by atoms with Crippen molar-refractivity contribution in [2.45, 2.75) is 76.8 Å². The highest BCUT2D eigenvalue weighted by molar-refractivity contribution is 6.39. The molecule has 0 amide bonds. The van der Waals surface area contributed by atoms with Crippen LogP contribution in [0, 0.1) is 0 Å². The minimum Gasteiger partial charge on any atom is -0.303 e. The van der Waals surface area contributed by atoms with Gasteiger partial charge in [0.05, 0.1) is 9.52 Å². The molecule has 0 atom stereocenters. The maximum Gasteiger partial charge on any atom is 0.0617 e. The normalized spacial score (nSPS) is 19.4. The van der Waals surface area contributed by atoms with Gasteiger partial charge in [0.15, 0.2) is 0 Å². The summed E-state index contributed by atoms with van der Waals surface area (Å²) < 4.78 is 0. The Kier molecular flexibility index (Phi) is 5.86. The average molecular weight is 228 g/mol. The molecular formula is C12H28N2Si. The average Bonchev–Trinajstić information content (AvgIpc) is 2.53. The summed E-state index contributed by atoms with van der Waals surface area (Å²) in [6.07, 6.45) is 5.96. The third-order valence-electron chi connectivity index (χ3n) is 3.11. The fourth-order valence-corrected chi connectivity index (χ4v) is 5.50. The topological polar surface area (TPSA) is 24.1 Å². The summed E-state index contributed by atoms with van der Waals surface area (Å²) in [5.74, 6) is 0.646. The van der Waals surface area contributed by atoms with E-state index in [-0.39, 0.29) is 9.52 Å². The minimum atomic E-state index is -0.00608. The molecule has 1 aliphatic rings. The van der Waals surface area contributed by atoms with E-state index in [1.165, 1.54) is 25.7 Å². The fraction of sp³-hybridized carbons (Fsp3) is 1.00. The van der Waals surface area contributed by atoms with Crippen molar-refractivity contribution < 1.29 is 0 Å². The van der Waals surface area contributed by atoms with Crippen molar-refractivity contribution in [3.8, 4) is 0 Å². The van der Waals surface area contributed by atoms with Crippen LogP contribution < -0.4 is 10.6 Å². The Labute approximate surface area is 97.4 Å². The SMILES string of the molecule is CC(C)NC(NC(C)C)[SiH2]C1CCCC1. The van der Waals surface area contributed by atoms with Gasteiger partial charge in [0.2, 0.25) is 0 Å². The molecule has 0 aromatic carbocycles. The predicted octanol–water partition coefficient (Wildman–Crippen LogP) is 1.80. The number of hydrogen-bond acceptors (Lipinski definition) is 2. The number of hydrogen-bond donors (Lipinski definition) is 2. The van der Waals surface area contributed by atoms with Crippen LogP contribution in [-0.4, -0.2) is 27.4 Å². The van der Waals surface area contributed by atoms with E-state index in [2.05, 4.69) is 38.3 Å². The van der Waals surface area contributed by atoms with Crippen LogP contribution in [0.2, 0.25) is 5.54 Å². The second-order valence-electron chi connectivity index (χ2n) is 5.58. The molecule has 0 aromatic heterocycles. The van der Waals surface area contributed by atoms with E-state index in [4.69, 9.17) is 0 Å². The molecule has 15 heavy (non-hydrogen) atoms. The van der Waals surface area contributed by atoms with E-state index in [0.29, 0.717) is 17.9 Å². The monoisotopic (exact) mass is 228 g/mol. The lowest BCUT2D eigenvalue weighted by molar-refractivity contribution is 0.444. The Morgan fingerprint density at radius 3 is 1.80 bits per heavy atom. The van der Waals surface area contributed by atoms with Crippen LogP contribution in [-0.2, 0) is 0 Å². The molecular weight excluding hydrogens is 200 g/mol. The number of nitrogens with one attached hydrogen (secondary N) is 2. The lowest BCUT2D eigenvalue weighted by atomic mass is 10.4. The van der Waals surface area contributed by atoms with Crippen molar-refractivity contribution in [2.24, 2.45) is 0 Å². The molecule has 2 nitrogen and oxygen atoms in total. The van der Waals surface area contributed by atoms with Crippen molar-refractivity contribution in [3.05, 3.63) is 0 Å². The maximum absolute atomic E-state index is 3.69. The smallest absolute Gasteiger partial charge is 0.0617 e. The van der Waals surface area contributed by atoms with Crippen molar-refractivity contribution in [1.82, 2.24) is 10.6 Å². The van der Waals surface area contributed by atoms with Crippen LogP contribution in [0.25, 0.3) is 0 Å². The maximum atomic E-state index is 3.69. The van der Waals surface area contributed by atoms with Gasteiger partial charge in [-0.1, -0.05) is 25.7 Å². The third-order valence-corrected chi connectivity index (χ3v) is 5.54. The summed E-state index contributed by atoms with van der Waals surface area (Å²) in [7, 11) is -0.00608. The highest BCUT2D eigenvalue weighted by Gasteiger charge is 2.21. The van der Waals surface area contributed by atoms with Gasteiger partial charge in [-0.05, 0) is 33.2 Å². The van der Waals surface area contributed by atoms with E-state index in [1.807, 2.05) is 0 Å². The lowest BCUT2D eigenvalue weighted by Crippen LogP contribution is -2.52. The Morgan fingerprint density at radius 1 is 0.933 bits per heavy atom. The third kappa shape index (κ3) is 5.69. The predicted molar refractivity (Wildman–Crippen MR) is 71.1 cm³/mol.